The van der Waals surface area contributed by atoms with Gasteiger partial charge in [-0.1, -0.05) is 6.92 Å². The average molecular weight is 216 g/mol. The summed E-state index contributed by atoms with van der Waals surface area (Å²) in [5.74, 6) is 1.44. The topological polar surface area (TPSA) is 26.5 Å². The predicted molar refractivity (Wildman–Crippen MR) is 63.1 cm³/mol. The highest BCUT2D eigenvalue weighted by Crippen LogP contribution is 2.33. The number of nitrogens with zero attached hydrogens (tertiary/aromatic N) is 2. The molecule has 3 heteroatoms. The zero-order chi connectivity index (χ0) is 11.1. The summed E-state index contributed by atoms with van der Waals surface area (Å²) in [5, 5.41) is 0. The van der Waals surface area contributed by atoms with Gasteiger partial charge in [0.2, 0.25) is 0 Å². The van der Waals surface area contributed by atoms with Crippen molar-refractivity contribution in [3.05, 3.63) is 29.7 Å². The molecule has 0 aliphatic heterocycles. The summed E-state index contributed by atoms with van der Waals surface area (Å²) >= 11 is 0. The molecule has 2 aromatic rings. The quantitative estimate of drug-likeness (QED) is 0.732. The number of imidazole rings is 1. The Morgan fingerprint density at radius 1 is 1.50 bits per heavy atom. The van der Waals surface area contributed by atoms with Gasteiger partial charge in [0, 0.05) is 17.8 Å². The Morgan fingerprint density at radius 3 is 3.19 bits per heavy atom. The molecule has 0 saturated heterocycles. The molecule has 16 heavy (non-hydrogen) atoms. The van der Waals surface area contributed by atoms with E-state index in [0.29, 0.717) is 5.92 Å². The molecular weight excluding hydrogens is 200 g/mol. The van der Waals surface area contributed by atoms with Crippen LogP contribution < -0.4 is 4.74 Å². The Labute approximate surface area is 95.1 Å². The SMILES string of the molecule is COc1cccn2c3c(nc12)C(C)CCC3. The largest absolute Gasteiger partial charge is 0.493 e. The maximum absolute atomic E-state index is 5.36. The van der Waals surface area contributed by atoms with Crippen molar-refractivity contribution in [1.82, 2.24) is 9.38 Å². The van der Waals surface area contributed by atoms with E-state index in [-0.39, 0.29) is 0 Å². The van der Waals surface area contributed by atoms with E-state index in [0.717, 1.165) is 17.8 Å². The van der Waals surface area contributed by atoms with E-state index in [1.165, 1.54) is 24.2 Å². The second kappa shape index (κ2) is 3.51. The fraction of sp³-hybridized carbons (Fsp3) is 0.462. The number of ether oxygens (including phenoxy) is 1. The van der Waals surface area contributed by atoms with Crippen molar-refractivity contribution >= 4 is 5.65 Å². The van der Waals surface area contributed by atoms with Gasteiger partial charge in [-0.25, -0.2) is 4.98 Å². The first-order chi connectivity index (χ1) is 7.81. The molecule has 0 bridgehead atoms. The third-order valence-corrected chi connectivity index (χ3v) is 3.48. The third kappa shape index (κ3) is 1.24. The number of hydrogen-bond acceptors (Lipinski definition) is 2. The summed E-state index contributed by atoms with van der Waals surface area (Å²) in [7, 11) is 1.70. The van der Waals surface area contributed by atoms with E-state index < -0.39 is 0 Å². The number of methoxy groups -OCH3 is 1. The lowest BCUT2D eigenvalue weighted by atomic mass is 9.91. The molecule has 1 unspecified atom stereocenters. The van der Waals surface area contributed by atoms with Crippen LogP contribution in [0.3, 0.4) is 0 Å². The van der Waals surface area contributed by atoms with Gasteiger partial charge >= 0.3 is 0 Å². The summed E-state index contributed by atoms with van der Waals surface area (Å²) in [6.45, 7) is 2.26. The van der Waals surface area contributed by atoms with Crippen molar-refractivity contribution in [1.29, 1.82) is 0 Å². The standard InChI is InChI=1S/C13H16N2O/c1-9-5-3-6-10-12(9)14-13-11(16-2)7-4-8-15(10)13/h4,7-9H,3,5-6H2,1-2H3. The highest BCUT2D eigenvalue weighted by Gasteiger charge is 2.22. The maximum atomic E-state index is 5.36. The Morgan fingerprint density at radius 2 is 2.38 bits per heavy atom. The summed E-state index contributed by atoms with van der Waals surface area (Å²) in [6.07, 6.45) is 5.73. The molecule has 1 aliphatic carbocycles. The van der Waals surface area contributed by atoms with Crippen LogP contribution in [-0.2, 0) is 6.42 Å². The second-order valence-corrected chi connectivity index (χ2v) is 4.51. The van der Waals surface area contributed by atoms with Crippen molar-refractivity contribution in [3.63, 3.8) is 0 Å². The molecule has 0 aromatic carbocycles. The molecule has 0 N–H and O–H groups in total. The summed E-state index contributed by atoms with van der Waals surface area (Å²) in [5.41, 5.74) is 3.59. The van der Waals surface area contributed by atoms with Crippen molar-refractivity contribution in [3.8, 4) is 5.75 Å². The van der Waals surface area contributed by atoms with Crippen LogP contribution in [0.1, 0.15) is 37.1 Å². The first kappa shape index (κ1) is 9.70. The molecule has 3 rings (SSSR count). The Kier molecular flexibility index (Phi) is 2.13. The Balaban J connectivity index is 2.31. The minimum Gasteiger partial charge on any atom is -0.493 e. The zero-order valence-corrected chi connectivity index (χ0v) is 9.73. The Hall–Kier alpha value is -1.51. The molecule has 0 amide bonds. The molecule has 0 radical (unpaired) electrons. The van der Waals surface area contributed by atoms with Gasteiger partial charge in [0.25, 0.3) is 0 Å². The lowest BCUT2D eigenvalue weighted by Gasteiger charge is -2.17. The van der Waals surface area contributed by atoms with Gasteiger partial charge in [0.15, 0.2) is 11.4 Å². The molecular formula is C13H16N2O. The summed E-state index contributed by atoms with van der Waals surface area (Å²) in [4.78, 5) is 4.74. The number of aryl methyl sites for hydroxylation is 1. The molecule has 0 fully saturated rings. The summed E-state index contributed by atoms with van der Waals surface area (Å²) < 4.78 is 7.54. The van der Waals surface area contributed by atoms with Gasteiger partial charge in [-0.15, -0.1) is 0 Å². The normalized spacial score (nSPS) is 19.8. The van der Waals surface area contributed by atoms with Crippen molar-refractivity contribution in [2.75, 3.05) is 7.11 Å². The van der Waals surface area contributed by atoms with E-state index in [2.05, 4.69) is 17.5 Å². The molecule has 0 spiro atoms. The monoisotopic (exact) mass is 216 g/mol. The van der Waals surface area contributed by atoms with Gasteiger partial charge < -0.3 is 9.14 Å². The van der Waals surface area contributed by atoms with Crippen LogP contribution in [0.5, 0.6) is 5.75 Å². The van der Waals surface area contributed by atoms with Gasteiger partial charge in [0.1, 0.15) is 0 Å². The minimum absolute atomic E-state index is 0.577. The van der Waals surface area contributed by atoms with Crippen LogP contribution in [0.4, 0.5) is 0 Å². The van der Waals surface area contributed by atoms with Crippen LogP contribution in [0, 0.1) is 0 Å². The van der Waals surface area contributed by atoms with Crippen LogP contribution in [-0.4, -0.2) is 16.5 Å². The molecule has 84 valence electrons. The van der Waals surface area contributed by atoms with Gasteiger partial charge in [0.05, 0.1) is 12.8 Å². The first-order valence-corrected chi connectivity index (χ1v) is 5.85. The lowest BCUT2D eigenvalue weighted by molar-refractivity contribution is 0.417. The molecule has 2 aromatic heterocycles. The van der Waals surface area contributed by atoms with Gasteiger partial charge in [-0.2, -0.15) is 0 Å². The molecule has 1 aliphatic rings. The van der Waals surface area contributed by atoms with Crippen molar-refractivity contribution < 1.29 is 4.74 Å². The van der Waals surface area contributed by atoms with E-state index >= 15 is 0 Å². The van der Waals surface area contributed by atoms with Gasteiger partial charge in [-0.05, 0) is 31.4 Å². The number of fused-ring (bicyclic) bond motifs is 3. The highest BCUT2D eigenvalue weighted by atomic mass is 16.5. The number of pyridine rings is 1. The zero-order valence-electron chi connectivity index (χ0n) is 9.73. The van der Waals surface area contributed by atoms with Gasteiger partial charge in [-0.3, -0.25) is 0 Å². The molecule has 2 heterocycles. The average Bonchev–Trinajstić information content (AvgIpc) is 2.69. The second-order valence-electron chi connectivity index (χ2n) is 4.51. The summed E-state index contributed by atoms with van der Waals surface area (Å²) in [6, 6.07) is 3.99. The lowest BCUT2D eigenvalue weighted by Crippen LogP contribution is -2.07. The molecule has 0 saturated carbocycles. The molecule has 1 atom stereocenters. The van der Waals surface area contributed by atoms with Crippen molar-refractivity contribution in [2.45, 2.75) is 32.1 Å². The van der Waals surface area contributed by atoms with Crippen LogP contribution in [0.2, 0.25) is 0 Å². The number of hydrogen-bond donors (Lipinski definition) is 0. The van der Waals surface area contributed by atoms with Crippen molar-refractivity contribution in [2.24, 2.45) is 0 Å². The maximum Gasteiger partial charge on any atom is 0.180 e. The van der Waals surface area contributed by atoms with E-state index in [4.69, 9.17) is 9.72 Å². The van der Waals surface area contributed by atoms with Crippen LogP contribution in [0.15, 0.2) is 18.3 Å². The fourth-order valence-electron chi connectivity index (χ4n) is 2.62. The first-order valence-electron chi connectivity index (χ1n) is 5.85. The molecule has 3 nitrogen and oxygen atoms in total. The van der Waals surface area contributed by atoms with E-state index in [1.54, 1.807) is 7.11 Å². The third-order valence-electron chi connectivity index (χ3n) is 3.48. The highest BCUT2D eigenvalue weighted by molar-refractivity contribution is 5.56. The van der Waals surface area contributed by atoms with Crippen LogP contribution >= 0.6 is 0 Å². The van der Waals surface area contributed by atoms with E-state index in [1.807, 2.05) is 12.1 Å². The predicted octanol–water partition coefficient (Wildman–Crippen LogP) is 2.78. The number of aromatic nitrogens is 2. The number of rotatable bonds is 1. The minimum atomic E-state index is 0.577. The smallest absolute Gasteiger partial charge is 0.180 e. The van der Waals surface area contributed by atoms with E-state index in [9.17, 15) is 0 Å². The fourth-order valence-corrected chi connectivity index (χ4v) is 2.62. The Bertz CT molecular complexity index is 530. The van der Waals surface area contributed by atoms with Crippen LogP contribution in [0.25, 0.3) is 5.65 Å².